The van der Waals surface area contributed by atoms with Gasteiger partial charge >= 0.3 is 0 Å². The van der Waals surface area contributed by atoms with Gasteiger partial charge in [0.15, 0.2) is 0 Å². The molecule has 0 aromatic carbocycles. The molecule has 0 aromatic rings. The molecule has 3 heteroatoms. The summed E-state index contributed by atoms with van der Waals surface area (Å²) >= 11 is 0. The molecule has 0 aliphatic heterocycles. The molecule has 18 heavy (non-hydrogen) atoms. The van der Waals surface area contributed by atoms with Crippen molar-refractivity contribution in [3.05, 3.63) is 0 Å². The minimum atomic E-state index is 0.184. The Morgan fingerprint density at radius 2 is 2.11 bits per heavy atom. The van der Waals surface area contributed by atoms with E-state index in [2.05, 4.69) is 24.5 Å². The third-order valence-electron chi connectivity index (χ3n) is 4.53. The zero-order chi connectivity index (χ0) is 13.0. The quantitative estimate of drug-likeness (QED) is 0.682. The third-order valence-corrected chi connectivity index (χ3v) is 4.53. The highest BCUT2D eigenvalue weighted by atomic mass is 16.1. The van der Waals surface area contributed by atoms with Gasteiger partial charge in [-0.2, -0.15) is 0 Å². The van der Waals surface area contributed by atoms with Crippen molar-refractivity contribution in [1.82, 2.24) is 10.6 Å². The van der Waals surface area contributed by atoms with Gasteiger partial charge in [-0.3, -0.25) is 4.79 Å². The molecule has 2 aliphatic rings. The smallest absolute Gasteiger partial charge is 0.221 e. The average molecular weight is 252 g/mol. The minimum absolute atomic E-state index is 0.184. The Bertz CT molecular complexity index is 278. The van der Waals surface area contributed by atoms with Crippen LogP contribution in [0.2, 0.25) is 0 Å². The number of amides is 1. The van der Waals surface area contributed by atoms with Gasteiger partial charge in [-0.15, -0.1) is 0 Å². The number of rotatable bonds is 7. The molecule has 2 bridgehead atoms. The van der Waals surface area contributed by atoms with Gasteiger partial charge in [0.25, 0.3) is 0 Å². The zero-order valence-electron chi connectivity index (χ0n) is 11.9. The highest BCUT2D eigenvalue weighted by Crippen LogP contribution is 2.47. The molecule has 3 unspecified atom stereocenters. The van der Waals surface area contributed by atoms with Crippen LogP contribution >= 0.6 is 0 Å². The molecular formula is C15H28N2O. The summed E-state index contributed by atoms with van der Waals surface area (Å²) in [6.07, 6.45) is 6.44. The second-order valence-electron chi connectivity index (χ2n) is 6.59. The Morgan fingerprint density at radius 3 is 2.72 bits per heavy atom. The van der Waals surface area contributed by atoms with Crippen LogP contribution in [0.3, 0.4) is 0 Å². The Labute approximate surface area is 111 Å². The first kappa shape index (κ1) is 13.9. The van der Waals surface area contributed by atoms with E-state index in [4.69, 9.17) is 0 Å². The fraction of sp³-hybridized carbons (Fsp3) is 0.933. The van der Waals surface area contributed by atoms with Crippen molar-refractivity contribution in [3.8, 4) is 0 Å². The standard InChI is InChI=1S/C15H28N2O/c1-11(2)9-17-15(18)5-6-16-10-14-8-12-3-4-13(14)7-12/h11-14,16H,3-10H2,1-2H3,(H,17,18). The van der Waals surface area contributed by atoms with Crippen LogP contribution in [-0.4, -0.2) is 25.5 Å². The lowest BCUT2D eigenvalue weighted by Crippen LogP contribution is -2.32. The number of fused-ring (bicyclic) bond motifs is 2. The maximum absolute atomic E-state index is 11.5. The van der Waals surface area contributed by atoms with Gasteiger partial charge in [0.2, 0.25) is 5.91 Å². The topological polar surface area (TPSA) is 41.1 Å². The Balaban J connectivity index is 1.50. The molecule has 0 radical (unpaired) electrons. The van der Waals surface area contributed by atoms with Crippen LogP contribution in [0.15, 0.2) is 0 Å². The van der Waals surface area contributed by atoms with Gasteiger partial charge in [-0.25, -0.2) is 0 Å². The summed E-state index contributed by atoms with van der Waals surface area (Å²) in [5.74, 6) is 3.62. The van der Waals surface area contributed by atoms with Gasteiger partial charge in [-0.05, 0) is 49.5 Å². The van der Waals surface area contributed by atoms with Crippen LogP contribution in [0.5, 0.6) is 0 Å². The van der Waals surface area contributed by atoms with Crippen molar-refractivity contribution in [1.29, 1.82) is 0 Å². The van der Waals surface area contributed by atoms with E-state index in [0.717, 1.165) is 37.4 Å². The highest BCUT2D eigenvalue weighted by molar-refractivity contribution is 5.76. The van der Waals surface area contributed by atoms with Crippen LogP contribution in [0.25, 0.3) is 0 Å². The molecule has 0 spiro atoms. The van der Waals surface area contributed by atoms with Crippen molar-refractivity contribution < 1.29 is 4.79 Å². The lowest BCUT2D eigenvalue weighted by molar-refractivity contribution is -0.121. The van der Waals surface area contributed by atoms with Crippen molar-refractivity contribution in [2.45, 2.75) is 46.0 Å². The van der Waals surface area contributed by atoms with E-state index in [1.54, 1.807) is 0 Å². The maximum atomic E-state index is 11.5. The van der Waals surface area contributed by atoms with Gasteiger partial charge in [-0.1, -0.05) is 20.3 Å². The molecule has 2 N–H and O–H groups in total. The molecule has 1 amide bonds. The van der Waals surface area contributed by atoms with Crippen molar-refractivity contribution in [3.63, 3.8) is 0 Å². The lowest BCUT2D eigenvalue weighted by Gasteiger charge is -2.21. The van der Waals surface area contributed by atoms with Crippen LogP contribution in [0.1, 0.15) is 46.0 Å². The fourth-order valence-electron chi connectivity index (χ4n) is 3.52. The van der Waals surface area contributed by atoms with E-state index in [-0.39, 0.29) is 5.91 Å². The number of carbonyl (C=O) groups excluding carboxylic acids is 1. The van der Waals surface area contributed by atoms with Crippen LogP contribution < -0.4 is 10.6 Å². The first-order chi connectivity index (χ1) is 8.65. The molecule has 104 valence electrons. The largest absolute Gasteiger partial charge is 0.356 e. The Morgan fingerprint density at radius 1 is 1.28 bits per heavy atom. The SMILES string of the molecule is CC(C)CNC(=O)CCNCC1CC2CCC1C2. The number of nitrogens with one attached hydrogen (secondary N) is 2. The molecular weight excluding hydrogens is 224 g/mol. The summed E-state index contributed by atoms with van der Waals surface area (Å²) in [5, 5.41) is 6.43. The summed E-state index contributed by atoms with van der Waals surface area (Å²) in [5.41, 5.74) is 0. The highest BCUT2D eigenvalue weighted by Gasteiger charge is 2.38. The number of hydrogen-bond acceptors (Lipinski definition) is 2. The van der Waals surface area contributed by atoms with E-state index in [1.165, 1.54) is 25.7 Å². The first-order valence-corrected chi connectivity index (χ1v) is 7.62. The molecule has 0 saturated heterocycles. The number of hydrogen-bond donors (Lipinski definition) is 2. The van der Waals surface area contributed by atoms with Gasteiger partial charge < -0.3 is 10.6 Å². The van der Waals surface area contributed by atoms with Gasteiger partial charge in [0, 0.05) is 19.5 Å². The second-order valence-corrected chi connectivity index (χ2v) is 6.59. The predicted molar refractivity (Wildman–Crippen MR) is 74.3 cm³/mol. The van der Waals surface area contributed by atoms with Gasteiger partial charge in [0.1, 0.15) is 0 Å². The maximum Gasteiger partial charge on any atom is 0.221 e. The molecule has 2 aliphatic carbocycles. The monoisotopic (exact) mass is 252 g/mol. The second kappa shape index (κ2) is 6.55. The summed E-state index contributed by atoms with van der Waals surface area (Å²) in [6.45, 7) is 6.99. The lowest BCUT2D eigenvalue weighted by atomic mass is 9.89. The average Bonchev–Trinajstić information content (AvgIpc) is 2.94. The van der Waals surface area contributed by atoms with Crippen molar-refractivity contribution in [2.24, 2.45) is 23.7 Å². The number of carbonyl (C=O) groups is 1. The van der Waals surface area contributed by atoms with Crippen molar-refractivity contribution in [2.75, 3.05) is 19.6 Å². The van der Waals surface area contributed by atoms with E-state index < -0.39 is 0 Å². The molecule has 2 fully saturated rings. The van der Waals surface area contributed by atoms with Crippen molar-refractivity contribution >= 4 is 5.91 Å². The zero-order valence-corrected chi connectivity index (χ0v) is 11.9. The van der Waals surface area contributed by atoms with Crippen LogP contribution in [0.4, 0.5) is 0 Å². The normalized spacial score (nSPS) is 30.1. The van der Waals surface area contributed by atoms with E-state index in [9.17, 15) is 4.79 Å². The summed E-state index contributed by atoms with van der Waals surface area (Å²) < 4.78 is 0. The fourth-order valence-corrected chi connectivity index (χ4v) is 3.52. The summed E-state index contributed by atoms with van der Waals surface area (Å²) in [4.78, 5) is 11.5. The predicted octanol–water partition coefficient (Wildman–Crippen LogP) is 2.17. The third kappa shape index (κ3) is 3.98. The molecule has 2 rings (SSSR count). The van der Waals surface area contributed by atoms with E-state index >= 15 is 0 Å². The van der Waals surface area contributed by atoms with Gasteiger partial charge in [0.05, 0.1) is 0 Å². The minimum Gasteiger partial charge on any atom is -0.356 e. The summed E-state index contributed by atoms with van der Waals surface area (Å²) in [7, 11) is 0. The van der Waals surface area contributed by atoms with E-state index in [1.807, 2.05) is 0 Å². The van der Waals surface area contributed by atoms with Crippen LogP contribution in [-0.2, 0) is 4.79 Å². The molecule has 3 atom stereocenters. The molecule has 0 heterocycles. The molecule has 3 nitrogen and oxygen atoms in total. The molecule has 0 aromatic heterocycles. The Hall–Kier alpha value is -0.570. The van der Waals surface area contributed by atoms with Crippen LogP contribution in [0, 0.1) is 23.7 Å². The van der Waals surface area contributed by atoms with E-state index in [0.29, 0.717) is 12.3 Å². The first-order valence-electron chi connectivity index (χ1n) is 7.62. The Kier molecular flexibility index (Phi) is 5.04. The summed E-state index contributed by atoms with van der Waals surface area (Å²) in [6, 6.07) is 0. The molecule has 2 saturated carbocycles.